The smallest absolute Gasteiger partial charge is 0.293 e. The third-order valence-corrected chi connectivity index (χ3v) is 4.68. The van der Waals surface area contributed by atoms with Crippen molar-refractivity contribution in [1.29, 1.82) is 5.26 Å². The van der Waals surface area contributed by atoms with E-state index in [9.17, 15) is 4.79 Å². The molecule has 0 spiro atoms. The van der Waals surface area contributed by atoms with Gasteiger partial charge in [-0.25, -0.2) is 0 Å². The summed E-state index contributed by atoms with van der Waals surface area (Å²) in [5, 5.41) is 13.6. The molecule has 6 nitrogen and oxygen atoms in total. The van der Waals surface area contributed by atoms with Crippen LogP contribution in [-0.2, 0) is 16.0 Å². The predicted octanol–water partition coefficient (Wildman–Crippen LogP) is 3.23. The maximum absolute atomic E-state index is 9.60. The molecule has 1 aromatic carbocycles. The van der Waals surface area contributed by atoms with Crippen molar-refractivity contribution in [2.24, 2.45) is 0 Å². The molecule has 0 atom stereocenters. The van der Waals surface area contributed by atoms with Crippen LogP contribution in [0.1, 0.15) is 44.7 Å². The minimum atomic E-state index is -0.318. The van der Waals surface area contributed by atoms with E-state index in [1.807, 2.05) is 39.0 Å². The van der Waals surface area contributed by atoms with E-state index in [1.165, 1.54) is 43.4 Å². The van der Waals surface area contributed by atoms with Crippen LogP contribution in [0, 0.1) is 11.3 Å². The highest BCUT2D eigenvalue weighted by atomic mass is 16.5. The van der Waals surface area contributed by atoms with E-state index in [0.717, 1.165) is 30.6 Å². The maximum atomic E-state index is 9.60. The van der Waals surface area contributed by atoms with E-state index in [0.29, 0.717) is 6.47 Å². The number of H-pyrrole nitrogens is 1. The molecule has 6 heteroatoms. The molecule has 28 heavy (non-hydrogen) atoms. The maximum Gasteiger partial charge on any atom is 0.293 e. The number of unbranched alkanes of at least 4 members (excludes halogenated alkanes) is 1. The average Bonchev–Trinajstić information content (AvgIpc) is 3.08. The molecule has 0 saturated carbocycles. The molecular weight excluding hydrogens is 352 g/mol. The van der Waals surface area contributed by atoms with E-state index in [2.05, 4.69) is 32.2 Å². The van der Waals surface area contributed by atoms with Gasteiger partial charge in [0.1, 0.15) is 5.60 Å². The fourth-order valence-electron chi connectivity index (χ4n) is 3.18. The lowest BCUT2D eigenvalue weighted by molar-refractivity contribution is -0.138. The highest BCUT2D eigenvalue weighted by Gasteiger charge is 2.09. The number of aryl methyl sites for hydroxylation is 1. The number of hydrogen-bond acceptors (Lipinski definition) is 5. The summed E-state index contributed by atoms with van der Waals surface area (Å²) in [6, 6.07) is 8.08. The Morgan fingerprint density at radius 2 is 2.00 bits per heavy atom. The lowest BCUT2D eigenvalue weighted by Gasteiger charge is -2.26. The Hall–Kier alpha value is -2.36. The highest BCUT2D eigenvalue weighted by Crippen LogP contribution is 2.21. The van der Waals surface area contributed by atoms with Crippen LogP contribution in [0.5, 0.6) is 0 Å². The number of fused-ring (bicyclic) bond motifs is 1. The zero-order valence-corrected chi connectivity index (χ0v) is 17.3. The molecule has 1 aromatic heterocycles. The molecule has 1 saturated heterocycles. The Balaban J connectivity index is 0.000000345. The summed E-state index contributed by atoms with van der Waals surface area (Å²) in [5.41, 5.74) is 2.89. The number of carbonyl (C=O) groups is 1. The van der Waals surface area contributed by atoms with Crippen molar-refractivity contribution in [2.75, 3.05) is 32.7 Å². The van der Waals surface area contributed by atoms with Gasteiger partial charge in [0.15, 0.2) is 0 Å². The number of hydrogen-bond donors (Lipinski definition) is 2. The van der Waals surface area contributed by atoms with Crippen LogP contribution >= 0.6 is 0 Å². The van der Waals surface area contributed by atoms with Crippen molar-refractivity contribution in [3.8, 4) is 6.07 Å². The zero-order valence-electron chi connectivity index (χ0n) is 17.3. The molecule has 0 amide bonds. The van der Waals surface area contributed by atoms with Crippen LogP contribution in [0.15, 0.2) is 24.4 Å². The van der Waals surface area contributed by atoms with Gasteiger partial charge in [0.05, 0.1) is 11.6 Å². The van der Waals surface area contributed by atoms with Gasteiger partial charge in [-0.3, -0.25) is 4.79 Å². The second-order valence-electron chi connectivity index (χ2n) is 8.06. The fourth-order valence-corrected chi connectivity index (χ4v) is 3.18. The van der Waals surface area contributed by atoms with Crippen LogP contribution in [0.4, 0.5) is 0 Å². The molecule has 1 aliphatic heterocycles. The van der Waals surface area contributed by atoms with Gasteiger partial charge in [-0.1, -0.05) is 0 Å². The average molecular weight is 385 g/mol. The third-order valence-electron chi connectivity index (χ3n) is 4.68. The number of aromatic nitrogens is 1. The zero-order chi connectivity index (χ0) is 20.4. The van der Waals surface area contributed by atoms with Crippen LogP contribution in [0.3, 0.4) is 0 Å². The Morgan fingerprint density at radius 3 is 2.61 bits per heavy atom. The van der Waals surface area contributed by atoms with Crippen molar-refractivity contribution in [1.82, 2.24) is 15.2 Å². The molecule has 0 aliphatic carbocycles. The Labute approximate surface area is 167 Å². The van der Waals surface area contributed by atoms with Crippen molar-refractivity contribution < 1.29 is 9.53 Å². The minimum Gasteiger partial charge on any atom is -0.462 e. The first kappa shape index (κ1) is 21.9. The predicted molar refractivity (Wildman–Crippen MR) is 112 cm³/mol. The van der Waals surface area contributed by atoms with E-state index >= 15 is 0 Å². The number of rotatable bonds is 6. The third kappa shape index (κ3) is 7.34. The van der Waals surface area contributed by atoms with E-state index in [1.54, 1.807) is 0 Å². The fraction of sp³-hybridized carbons (Fsp3) is 0.545. The lowest BCUT2D eigenvalue weighted by Crippen LogP contribution is -2.43. The standard InChI is InChI=1S/C17H22N4.C5H10O2/c18-12-14-4-5-17-16(11-14)15(13-20-17)3-1-2-8-21-9-6-19-7-10-21;1-5(2,3)7-4-6/h4-5,11,13,19-20H,1-3,6-10H2;4H,1-3H3. The Morgan fingerprint density at radius 1 is 1.25 bits per heavy atom. The minimum absolute atomic E-state index is 0.318. The second-order valence-corrected chi connectivity index (χ2v) is 8.06. The van der Waals surface area contributed by atoms with E-state index < -0.39 is 0 Å². The topological polar surface area (TPSA) is 81.1 Å². The van der Waals surface area contributed by atoms with Crippen molar-refractivity contribution in [3.63, 3.8) is 0 Å². The van der Waals surface area contributed by atoms with Crippen LogP contribution in [0.25, 0.3) is 10.9 Å². The van der Waals surface area contributed by atoms with Gasteiger partial charge in [-0.2, -0.15) is 5.26 Å². The van der Waals surface area contributed by atoms with Gasteiger partial charge in [0, 0.05) is 43.3 Å². The van der Waals surface area contributed by atoms with Crippen molar-refractivity contribution >= 4 is 17.4 Å². The summed E-state index contributed by atoms with van der Waals surface area (Å²) in [6.07, 6.45) is 5.62. The summed E-state index contributed by atoms with van der Waals surface area (Å²) < 4.78 is 4.55. The number of piperazine rings is 1. The summed E-state index contributed by atoms with van der Waals surface area (Å²) in [5.74, 6) is 0. The number of carbonyl (C=O) groups excluding carboxylic acids is 1. The molecule has 2 heterocycles. The van der Waals surface area contributed by atoms with Gasteiger partial charge in [-0.05, 0) is 70.3 Å². The van der Waals surface area contributed by atoms with Gasteiger partial charge < -0.3 is 19.9 Å². The second kappa shape index (κ2) is 10.8. The first-order valence-corrected chi connectivity index (χ1v) is 9.97. The van der Waals surface area contributed by atoms with Crippen molar-refractivity contribution in [2.45, 2.75) is 45.6 Å². The number of nitrogens with one attached hydrogen (secondary N) is 2. The summed E-state index contributed by atoms with van der Waals surface area (Å²) >= 11 is 0. The molecule has 1 aliphatic rings. The van der Waals surface area contributed by atoms with E-state index in [4.69, 9.17) is 5.26 Å². The van der Waals surface area contributed by atoms with Crippen LogP contribution < -0.4 is 5.32 Å². The SMILES string of the molecule is CC(C)(C)OC=O.N#Cc1ccc2[nH]cc(CCCCN3CCNCC3)c2c1. The molecule has 0 unspecified atom stereocenters. The normalized spacial score (nSPS) is 14.8. The number of nitrogens with zero attached hydrogens (tertiary/aromatic N) is 2. The summed E-state index contributed by atoms with van der Waals surface area (Å²) in [4.78, 5) is 15.4. The lowest BCUT2D eigenvalue weighted by atomic mass is 10.1. The van der Waals surface area contributed by atoms with Crippen LogP contribution in [-0.4, -0.2) is 54.7 Å². The van der Waals surface area contributed by atoms with Gasteiger partial charge >= 0.3 is 0 Å². The number of nitriles is 1. The van der Waals surface area contributed by atoms with Gasteiger partial charge in [0.2, 0.25) is 0 Å². The van der Waals surface area contributed by atoms with E-state index in [-0.39, 0.29) is 5.60 Å². The molecule has 1 fully saturated rings. The van der Waals surface area contributed by atoms with Gasteiger partial charge in [0.25, 0.3) is 6.47 Å². The number of benzene rings is 1. The monoisotopic (exact) mass is 384 g/mol. The van der Waals surface area contributed by atoms with Gasteiger partial charge in [-0.15, -0.1) is 0 Å². The number of ether oxygens (including phenoxy) is 1. The highest BCUT2D eigenvalue weighted by molar-refractivity contribution is 5.84. The Kier molecular flexibility index (Phi) is 8.49. The summed E-state index contributed by atoms with van der Waals surface area (Å²) in [6.45, 7) is 11.7. The first-order valence-electron chi connectivity index (χ1n) is 9.97. The van der Waals surface area contributed by atoms with Crippen LogP contribution in [0.2, 0.25) is 0 Å². The Bertz CT molecular complexity index is 780. The largest absolute Gasteiger partial charge is 0.462 e. The summed E-state index contributed by atoms with van der Waals surface area (Å²) in [7, 11) is 0. The molecule has 3 rings (SSSR count). The molecule has 2 aromatic rings. The molecule has 2 N–H and O–H groups in total. The van der Waals surface area contributed by atoms with Crippen molar-refractivity contribution in [3.05, 3.63) is 35.5 Å². The first-order chi connectivity index (χ1) is 13.4. The molecular formula is C22H32N4O2. The quantitative estimate of drug-likeness (QED) is 0.590. The molecule has 0 bridgehead atoms. The number of aromatic amines is 1. The molecule has 152 valence electrons. The molecule has 0 radical (unpaired) electrons.